The zero-order valence-corrected chi connectivity index (χ0v) is 19.4. The quantitative estimate of drug-likeness (QED) is 0.301. The van der Waals surface area contributed by atoms with Crippen LogP contribution in [-0.4, -0.2) is 67.0 Å². The fourth-order valence-corrected chi connectivity index (χ4v) is 2.33. The molecular weight excluding hydrogens is 390 g/mol. The van der Waals surface area contributed by atoms with Gasteiger partial charge in [-0.3, -0.25) is 19.2 Å². The number of carbonyl (C=O) groups is 5. The Labute approximate surface area is 178 Å². The summed E-state index contributed by atoms with van der Waals surface area (Å²) in [5.41, 5.74) is -1.35. The van der Waals surface area contributed by atoms with Crippen LogP contribution in [0.25, 0.3) is 0 Å². The van der Waals surface area contributed by atoms with E-state index in [4.69, 9.17) is 0 Å². The van der Waals surface area contributed by atoms with Crippen LogP contribution >= 0.6 is 0 Å². The molecule has 0 aromatic heterocycles. The minimum atomic E-state index is -1.10. The van der Waals surface area contributed by atoms with Crippen molar-refractivity contribution < 1.29 is 33.3 Å². The maximum absolute atomic E-state index is 12.6. The van der Waals surface area contributed by atoms with Crippen LogP contribution in [0.1, 0.15) is 54.9 Å². The standard InChI is InChI=1S/C21H35N3O6/c1-13(20(3,4)5)18(28)22-11-16(26)24(8)14(2)15(25)10-21(6,7)19(29)23-12-17(27)30-9/h13-14H,8,10-12H2,1-7,9H3,(H-,22,23,28,29)/p+1. The van der Waals surface area contributed by atoms with E-state index < -0.39 is 29.2 Å². The Morgan fingerprint density at radius 1 is 0.967 bits per heavy atom. The summed E-state index contributed by atoms with van der Waals surface area (Å²) in [5.74, 6) is -2.53. The monoisotopic (exact) mass is 426 g/mol. The zero-order valence-electron chi connectivity index (χ0n) is 19.4. The maximum atomic E-state index is 12.6. The normalized spacial score (nSPS) is 13.6. The van der Waals surface area contributed by atoms with E-state index in [2.05, 4.69) is 22.1 Å². The Balaban J connectivity index is 4.83. The van der Waals surface area contributed by atoms with Crippen molar-refractivity contribution in [3.63, 3.8) is 0 Å². The number of carbonyl (C=O) groups excluding carboxylic acids is 5. The van der Waals surface area contributed by atoms with Crippen molar-refractivity contribution in [3.05, 3.63) is 0 Å². The summed E-state index contributed by atoms with van der Waals surface area (Å²) >= 11 is 0. The molecule has 0 aromatic carbocycles. The van der Waals surface area contributed by atoms with Gasteiger partial charge < -0.3 is 15.4 Å². The van der Waals surface area contributed by atoms with Crippen LogP contribution in [0.15, 0.2) is 0 Å². The van der Waals surface area contributed by atoms with Crippen LogP contribution in [0.2, 0.25) is 0 Å². The van der Waals surface area contributed by atoms with Gasteiger partial charge in [-0.05, 0) is 5.41 Å². The van der Waals surface area contributed by atoms with E-state index in [1.807, 2.05) is 20.8 Å². The Morgan fingerprint density at radius 2 is 1.50 bits per heavy atom. The predicted octanol–water partition coefficient (Wildman–Crippen LogP) is 0.688. The van der Waals surface area contributed by atoms with E-state index in [9.17, 15) is 24.0 Å². The van der Waals surface area contributed by atoms with Gasteiger partial charge in [0.25, 0.3) is 0 Å². The highest BCUT2D eigenvalue weighted by Crippen LogP contribution is 2.25. The second kappa shape index (κ2) is 11.0. The largest absolute Gasteiger partial charge is 0.468 e. The molecule has 0 saturated carbocycles. The lowest BCUT2D eigenvalue weighted by molar-refractivity contribution is -0.462. The molecule has 2 unspecified atom stereocenters. The number of rotatable bonds is 10. The zero-order chi connectivity index (χ0) is 23.9. The van der Waals surface area contributed by atoms with Crippen LogP contribution in [0, 0.1) is 16.7 Å². The molecule has 0 saturated heterocycles. The number of amides is 3. The minimum Gasteiger partial charge on any atom is -0.468 e. The number of hydrogen-bond donors (Lipinski definition) is 2. The molecular formula is C21H36N3O6+. The molecule has 0 rings (SSSR count). The number of methoxy groups -OCH3 is 1. The van der Waals surface area contributed by atoms with Crippen molar-refractivity contribution in [1.29, 1.82) is 0 Å². The van der Waals surface area contributed by atoms with Gasteiger partial charge in [-0.25, -0.2) is 4.79 Å². The summed E-state index contributed by atoms with van der Waals surface area (Å²) in [7, 11) is 1.21. The molecule has 0 aromatic rings. The molecule has 0 spiro atoms. The minimum absolute atomic E-state index is 0.159. The first-order valence-corrected chi connectivity index (χ1v) is 9.82. The summed E-state index contributed by atoms with van der Waals surface area (Å²) in [6.45, 7) is 15.3. The first-order chi connectivity index (χ1) is 13.5. The van der Waals surface area contributed by atoms with Crippen molar-refractivity contribution >= 4 is 36.2 Å². The number of Topliss-reactive ketones (excluding diaryl/α,β-unsaturated/α-hetero) is 1. The van der Waals surface area contributed by atoms with Gasteiger partial charge in [-0.1, -0.05) is 41.5 Å². The van der Waals surface area contributed by atoms with Gasteiger partial charge in [0.1, 0.15) is 19.8 Å². The summed E-state index contributed by atoms with van der Waals surface area (Å²) in [6, 6.07) is -0.887. The number of nitrogens with zero attached hydrogens (tertiary/aromatic N) is 1. The average Bonchev–Trinajstić information content (AvgIpc) is 2.66. The smallest absolute Gasteiger partial charge is 0.406 e. The molecule has 2 atom stereocenters. The Hall–Kier alpha value is -2.58. The predicted molar refractivity (Wildman–Crippen MR) is 112 cm³/mol. The van der Waals surface area contributed by atoms with Crippen molar-refractivity contribution in [2.24, 2.45) is 16.7 Å². The van der Waals surface area contributed by atoms with Gasteiger partial charge in [0.15, 0.2) is 0 Å². The van der Waals surface area contributed by atoms with Gasteiger partial charge in [0.05, 0.1) is 12.5 Å². The van der Waals surface area contributed by atoms with Gasteiger partial charge in [-0.2, -0.15) is 4.58 Å². The second-order valence-corrected chi connectivity index (χ2v) is 9.13. The molecule has 9 nitrogen and oxygen atoms in total. The average molecular weight is 427 g/mol. The number of nitrogens with one attached hydrogen (secondary N) is 2. The lowest BCUT2D eigenvalue weighted by atomic mass is 9.81. The molecule has 0 fully saturated rings. The Kier molecular flexibility index (Phi) is 10.0. The van der Waals surface area contributed by atoms with E-state index in [1.54, 1.807) is 20.8 Å². The first-order valence-electron chi connectivity index (χ1n) is 9.82. The topological polar surface area (TPSA) is 122 Å². The van der Waals surface area contributed by atoms with Crippen molar-refractivity contribution in [3.8, 4) is 0 Å². The number of esters is 1. The lowest BCUT2D eigenvalue weighted by Gasteiger charge is -2.25. The fraction of sp³-hybridized carbons (Fsp3) is 0.714. The van der Waals surface area contributed by atoms with Gasteiger partial charge in [-0.15, -0.1) is 0 Å². The summed E-state index contributed by atoms with van der Waals surface area (Å²) in [5, 5.41) is 4.99. The summed E-state index contributed by atoms with van der Waals surface area (Å²) in [6.07, 6.45) is -0.159. The molecule has 30 heavy (non-hydrogen) atoms. The van der Waals surface area contributed by atoms with Crippen molar-refractivity contribution in [2.75, 3.05) is 20.2 Å². The van der Waals surface area contributed by atoms with Gasteiger partial charge in [0, 0.05) is 19.3 Å². The van der Waals surface area contributed by atoms with E-state index in [1.165, 1.54) is 14.0 Å². The number of ether oxygens (including phenoxy) is 1. The molecule has 0 aliphatic heterocycles. The Morgan fingerprint density at radius 3 is 1.97 bits per heavy atom. The van der Waals surface area contributed by atoms with E-state index in [-0.39, 0.29) is 42.5 Å². The SMILES string of the molecule is C=[N+](C(=O)CNC(=O)C(C)C(C)(C)C)C(C)C(=O)CC(C)(C)C(=O)NCC(=O)OC. The third kappa shape index (κ3) is 8.42. The molecule has 0 aliphatic rings. The highest BCUT2D eigenvalue weighted by Gasteiger charge is 2.37. The molecule has 2 N–H and O–H groups in total. The number of ketones is 1. The molecule has 0 aliphatic carbocycles. The molecule has 3 amide bonds. The third-order valence-electron chi connectivity index (χ3n) is 5.21. The molecule has 9 heteroatoms. The van der Waals surface area contributed by atoms with Crippen molar-refractivity contribution in [2.45, 2.75) is 60.9 Å². The molecule has 0 heterocycles. The van der Waals surface area contributed by atoms with Crippen LogP contribution in [0.5, 0.6) is 0 Å². The highest BCUT2D eigenvalue weighted by molar-refractivity contribution is 5.93. The molecule has 0 bridgehead atoms. The van der Waals surface area contributed by atoms with Crippen molar-refractivity contribution in [1.82, 2.24) is 10.6 Å². The Bertz CT molecular complexity index is 706. The van der Waals surface area contributed by atoms with Gasteiger partial charge >= 0.3 is 11.9 Å². The van der Waals surface area contributed by atoms with Crippen LogP contribution in [0.4, 0.5) is 0 Å². The van der Waals surface area contributed by atoms with E-state index in [0.29, 0.717) is 0 Å². The van der Waals surface area contributed by atoms with Crippen LogP contribution < -0.4 is 10.6 Å². The summed E-state index contributed by atoms with van der Waals surface area (Å²) < 4.78 is 5.47. The maximum Gasteiger partial charge on any atom is 0.406 e. The molecule has 170 valence electrons. The van der Waals surface area contributed by atoms with Gasteiger partial charge in [0.2, 0.25) is 23.6 Å². The number of hydrogen-bond acceptors (Lipinski definition) is 6. The molecule has 0 radical (unpaired) electrons. The van der Waals surface area contributed by atoms with Crippen LogP contribution in [0.3, 0.4) is 0 Å². The van der Waals surface area contributed by atoms with Crippen LogP contribution in [-0.2, 0) is 28.7 Å². The summed E-state index contributed by atoms with van der Waals surface area (Å²) in [4.78, 5) is 60.5. The highest BCUT2D eigenvalue weighted by atomic mass is 16.5. The third-order valence-corrected chi connectivity index (χ3v) is 5.21. The fourth-order valence-electron chi connectivity index (χ4n) is 2.33. The lowest BCUT2D eigenvalue weighted by Crippen LogP contribution is -2.46. The first kappa shape index (κ1) is 27.4. The second-order valence-electron chi connectivity index (χ2n) is 9.13. The van der Waals surface area contributed by atoms with E-state index >= 15 is 0 Å². The van der Waals surface area contributed by atoms with E-state index in [0.717, 1.165) is 4.58 Å².